The third kappa shape index (κ3) is 2.00. The van der Waals surface area contributed by atoms with Crippen LogP contribution in [-0.2, 0) is 0 Å². The van der Waals surface area contributed by atoms with E-state index in [4.69, 9.17) is 14.2 Å². The number of nitro groups is 1. The van der Waals surface area contributed by atoms with Crippen LogP contribution in [0.25, 0.3) is 21.5 Å². The summed E-state index contributed by atoms with van der Waals surface area (Å²) in [5, 5.41) is 32.0. The molecule has 0 saturated heterocycles. The summed E-state index contributed by atoms with van der Waals surface area (Å²) in [4.78, 5) is 22.7. The van der Waals surface area contributed by atoms with Crippen molar-refractivity contribution in [1.82, 2.24) is 0 Å². The third-order valence-corrected chi connectivity index (χ3v) is 4.28. The molecule has 1 heterocycles. The van der Waals surface area contributed by atoms with Gasteiger partial charge in [-0.1, -0.05) is 0 Å². The number of nitro benzene ring substituents is 1. The Morgan fingerprint density at radius 3 is 2.65 bits per heavy atom. The number of hydrogen-bond acceptors (Lipinski definition) is 7. The molecule has 26 heavy (non-hydrogen) atoms. The Morgan fingerprint density at radius 1 is 1.23 bits per heavy atom. The number of fused-ring (bicyclic) bond motifs is 5. The number of non-ortho nitro benzene ring substituents is 1. The minimum atomic E-state index is -1.33. The van der Waals surface area contributed by atoms with Gasteiger partial charge in [-0.2, -0.15) is 0 Å². The van der Waals surface area contributed by atoms with Crippen molar-refractivity contribution in [3.63, 3.8) is 0 Å². The van der Waals surface area contributed by atoms with Crippen LogP contribution in [0.2, 0.25) is 0 Å². The fraction of sp³-hybridized carbons (Fsp3) is 0.118. The van der Waals surface area contributed by atoms with E-state index in [1.807, 2.05) is 0 Å². The highest BCUT2D eigenvalue weighted by atomic mass is 16.7. The largest absolute Gasteiger partial charge is 0.504 e. The van der Waals surface area contributed by atoms with Crippen molar-refractivity contribution in [3.8, 4) is 23.0 Å². The van der Waals surface area contributed by atoms with Gasteiger partial charge in [0.2, 0.25) is 6.79 Å². The lowest BCUT2D eigenvalue weighted by atomic mass is 9.94. The smallest absolute Gasteiger partial charge is 0.336 e. The summed E-state index contributed by atoms with van der Waals surface area (Å²) >= 11 is 0. The summed E-state index contributed by atoms with van der Waals surface area (Å²) in [5.41, 5.74) is -0.711. The van der Waals surface area contributed by atoms with Crippen LogP contribution in [0, 0.1) is 10.1 Å². The van der Waals surface area contributed by atoms with E-state index < -0.39 is 16.6 Å². The van der Waals surface area contributed by atoms with Gasteiger partial charge in [0.05, 0.1) is 23.0 Å². The summed E-state index contributed by atoms with van der Waals surface area (Å²) in [6.45, 7) is -0.132. The monoisotopic (exact) mass is 357 g/mol. The van der Waals surface area contributed by atoms with Crippen LogP contribution in [0.3, 0.4) is 0 Å². The zero-order valence-corrected chi connectivity index (χ0v) is 13.3. The van der Waals surface area contributed by atoms with Crippen molar-refractivity contribution >= 4 is 33.2 Å². The van der Waals surface area contributed by atoms with Crippen LogP contribution in [0.5, 0.6) is 23.0 Å². The predicted molar refractivity (Wildman–Crippen MR) is 89.4 cm³/mol. The molecular weight excluding hydrogens is 346 g/mol. The molecule has 132 valence electrons. The van der Waals surface area contributed by atoms with Gasteiger partial charge < -0.3 is 24.4 Å². The van der Waals surface area contributed by atoms with Crippen LogP contribution in [-0.4, -0.2) is 35.0 Å². The number of carboxylic acid groups (broad SMARTS) is 1. The van der Waals surface area contributed by atoms with Crippen molar-refractivity contribution in [2.24, 2.45) is 0 Å². The second kappa shape index (κ2) is 5.38. The zero-order valence-electron chi connectivity index (χ0n) is 13.3. The number of carbonyl (C=O) groups is 1. The van der Waals surface area contributed by atoms with Gasteiger partial charge >= 0.3 is 5.97 Å². The van der Waals surface area contributed by atoms with E-state index in [2.05, 4.69) is 0 Å². The summed E-state index contributed by atoms with van der Waals surface area (Å²) < 4.78 is 15.9. The van der Waals surface area contributed by atoms with Crippen LogP contribution in [0.1, 0.15) is 10.4 Å². The molecule has 0 bridgehead atoms. The second-order valence-electron chi connectivity index (χ2n) is 5.58. The lowest BCUT2D eigenvalue weighted by Crippen LogP contribution is -2.02. The molecule has 3 aromatic rings. The first kappa shape index (κ1) is 15.8. The fourth-order valence-corrected chi connectivity index (χ4v) is 3.25. The van der Waals surface area contributed by atoms with Crippen molar-refractivity contribution in [1.29, 1.82) is 0 Å². The first-order chi connectivity index (χ1) is 12.4. The van der Waals surface area contributed by atoms with Gasteiger partial charge in [-0.15, -0.1) is 0 Å². The lowest BCUT2D eigenvalue weighted by Gasteiger charge is -2.13. The zero-order chi connectivity index (χ0) is 18.6. The Kier molecular flexibility index (Phi) is 3.26. The van der Waals surface area contributed by atoms with Gasteiger partial charge in [-0.3, -0.25) is 10.1 Å². The minimum absolute atomic E-state index is 0.0425. The van der Waals surface area contributed by atoms with E-state index in [0.29, 0.717) is 5.39 Å². The molecule has 0 saturated carbocycles. The van der Waals surface area contributed by atoms with E-state index in [1.54, 1.807) is 0 Å². The first-order valence-electron chi connectivity index (χ1n) is 7.40. The van der Waals surface area contributed by atoms with Crippen LogP contribution in [0.4, 0.5) is 5.69 Å². The summed E-state index contributed by atoms with van der Waals surface area (Å²) in [5.74, 6) is -1.09. The minimum Gasteiger partial charge on any atom is -0.504 e. The van der Waals surface area contributed by atoms with Crippen molar-refractivity contribution in [3.05, 3.63) is 39.9 Å². The molecule has 0 fully saturated rings. The SMILES string of the molecule is COc1c(O)ccc2c1cc([N+](=O)[O-])c1c(C(=O)O)cc3c(c12)OCO3. The number of benzene rings is 3. The number of hydrogen-bond donors (Lipinski definition) is 2. The molecule has 4 rings (SSSR count). The molecule has 0 aliphatic carbocycles. The van der Waals surface area contributed by atoms with Crippen LogP contribution < -0.4 is 14.2 Å². The molecule has 0 spiro atoms. The maximum atomic E-state index is 11.7. The Balaban J connectivity index is 2.34. The van der Waals surface area contributed by atoms with Crippen LogP contribution >= 0.6 is 0 Å². The lowest BCUT2D eigenvalue weighted by molar-refractivity contribution is -0.383. The van der Waals surface area contributed by atoms with Gasteiger partial charge in [0, 0.05) is 16.8 Å². The quantitative estimate of drug-likeness (QED) is 0.416. The molecule has 0 radical (unpaired) electrons. The van der Waals surface area contributed by atoms with Gasteiger partial charge in [-0.05, 0) is 23.6 Å². The van der Waals surface area contributed by atoms with E-state index in [-0.39, 0.29) is 51.5 Å². The number of phenols is 1. The molecule has 0 atom stereocenters. The second-order valence-corrected chi connectivity index (χ2v) is 5.58. The highest BCUT2D eigenvalue weighted by molar-refractivity contribution is 6.22. The van der Waals surface area contributed by atoms with E-state index in [0.717, 1.165) is 0 Å². The molecule has 2 N–H and O–H groups in total. The topological polar surface area (TPSA) is 128 Å². The molecule has 0 amide bonds. The maximum absolute atomic E-state index is 11.7. The van der Waals surface area contributed by atoms with Gasteiger partial charge in [0.25, 0.3) is 5.69 Å². The van der Waals surface area contributed by atoms with Crippen LogP contribution in [0.15, 0.2) is 24.3 Å². The Bertz CT molecular complexity index is 1120. The van der Waals surface area contributed by atoms with Gasteiger partial charge in [-0.25, -0.2) is 4.79 Å². The highest BCUT2D eigenvalue weighted by Gasteiger charge is 2.30. The summed E-state index contributed by atoms with van der Waals surface area (Å²) in [6, 6.07) is 5.28. The number of rotatable bonds is 3. The molecule has 1 aliphatic heterocycles. The standard InChI is InChI=1S/C17H11NO8/c1-24-15-8-4-10(18(22)23)13-9(17(20)21)5-12-16(26-6-25-12)14(13)7(8)2-3-11(15)19/h2-5,19H,6H2,1H3,(H,20,21). The summed E-state index contributed by atoms with van der Waals surface area (Å²) in [6.07, 6.45) is 0. The predicted octanol–water partition coefficient (Wildman–Crippen LogP) is 3.04. The number of aromatic hydroxyl groups is 1. The van der Waals surface area contributed by atoms with Crippen molar-refractivity contribution in [2.45, 2.75) is 0 Å². The number of aromatic carboxylic acids is 1. The number of carboxylic acids is 1. The molecule has 3 aromatic carbocycles. The van der Waals surface area contributed by atoms with E-state index in [1.165, 1.54) is 31.4 Å². The average molecular weight is 357 g/mol. The number of methoxy groups -OCH3 is 1. The molecule has 1 aliphatic rings. The molecular formula is C17H11NO8. The number of nitrogens with zero attached hydrogens (tertiary/aromatic N) is 1. The van der Waals surface area contributed by atoms with E-state index in [9.17, 15) is 25.1 Å². The van der Waals surface area contributed by atoms with E-state index >= 15 is 0 Å². The highest BCUT2D eigenvalue weighted by Crippen LogP contribution is 2.50. The maximum Gasteiger partial charge on any atom is 0.336 e. The average Bonchev–Trinajstić information content (AvgIpc) is 3.07. The molecule has 9 nitrogen and oxygen atoms in total. The summed E-state index contributed by atoms with van der Waals surface area (Å²) in [7, 11) is 1.32. The normalized spacial score (nSPS) is 12.5. The molecule has 0 aromatic heterocycles. The Morgan fingerprint density at radius 2 is 2.00 bits per heavy atom. The van der Waals surface area contributed by atoms with Crippen molar-refractivity contribution < 1.29 is 34.1 Å². The Hall–Kier alpha value is -3.75. The number of phenolic OH excluding ortho intramolecular Hbond substituents is 1. The third-order valence-electron chi connectivity index (χ3n) is 4.28. The fourth-order valence-electron chi connectivity index (χ4n) is 3.25. The van der Waals surface area contributed by atoms with Crippen molar-refractivity contribution in [2.75, 3.05) is 13.9 Å². The van der Waals surface area contributed by atoms with Gasteiger partial charge in [0.15, 0.2) is 23.0 Å². The Labute approximate surface area is 145 Å². The number of ether oxygens (including phenoxy) is 3. The molecule has 9 heteroatoms. The molecule has 0 unspecified atom stereocenters. The first-order valence-corrected chi connectivity index (χ1v) is 7.40. The van der Waals surface area contributed by atoms with Gasteiger partial charge in [0.1, 0.15) is 0 Å².